The SMILES string of the molecule is COc1cc([N+](=O)[O-])ccc1NC(=O)/C(C#N)=C\Nc1cccc(F)c1. The monoisotopic (exact) mass is 356 g/mol. The van der Waals surface area contributed by atoms with E-state index in [2.05, 4.69) is 10.6 Å². The van der Waals surface area contributed by atoms with Gasteiger partial charge in [0.1, 0.15) is 23.2 Å². The fourth-order valence-electron chi connectivity index (χ4n) is 1.97. The molecule has 0 fully saturated rings. The maximum Gasteiger partial charge on any atom is 0.273 e. The molecule has 0 spiro atoms. The third-order valence-corrected chi connectivity index (χ3v) is 3.22. The zero-order chi connectivity index (χ0) is 19.1. The average molecular weight is 356 g/mol. The minimum absolute atomic E-state index is 0.0722. The van der Waals surface area contributed by atoms with Crippen LogP contribution in [0.2, 0.25) is 0 Å². The standard InChI is InChI=1S/C17H13FN4O4/c1-26-16-8-14(22(24)25)5-6-15(16)21-17(23)11(9-19)10-20-13-4-2-3-12(18)7-13/h2-8,10,20H,1H3,(H,21,23)/b11-10-. The number of amides is 1. The molecule has 0 aliphatic heterocycles. The van der Waals surface area contributed by atoms with E-state index in [0.717, 1.165) is 12.3 Å². The van der Waals surface area contributed by atoms with Gasteiger partial charge in [-0.25, -0.2) is 4.39 Å². The van der Waals surface area contributed by atoms with Gasteiger partial charge >= 0.3 is 0 Å². The number of methoxy groups -OCH3 is 1. The molecule has 0 unspecified atom stereocenters. The molecule has 9 heteroatoms. The summed E-state index contributed by atoms with van der Waals surface area (Å²) in [6.07, 6.45) is 1.13. The third kappa shape index (κ3) is 4.55. The molecule has 2 rings (SSSR count). The lowest BCUT2D eigenvalue weighted by molar-refractivity contribution is -0.384. The van der Waals surface area contributed by atoms with Gasteiger partial charge in [0.25, 0.3) is 11.6 Å². The predicted molar refractivity (Wildman–Crippen MR) is 92.0 cm³/mol. The van der Waals surface area contributed by atoms with E-state index in [-0.39, 0.29) is 22.7 Å². The first-order valence-electron chi connectivity index (χ1n) is 7.20. The van der Waals surface area contributed by atoms with Crippen LogP contribution >= 0.6 is 0 Å². The molecule has 0 aliphatic rings. The second kappa shape index (κ2) is 8.25. The minimum atomic E-state index is -0.761. The Morgan fingerprint density at radius 3 is 2.73 bits per heavy atom. The number of nitro benzene ring substituents is 1. The molecule has 0 aromatic heterocycles. The van der Waals surface area contributed by atoms with Gasteiger partial charge in [0.15, 0.2) is 0 Å². The van der Waals surface area contributed by atoms with Crippen LogP contribution in [0.3, 0.4) is 0 Å². The van der Waals surface area contributed by atoms with E-state index in [1.165, 1.54) is 37.4 Å². The lowest BCUT2D eigenvalue weighted by atomic mass is 10.2. The number of carbonyl (C=O) groups excluding carboxylic acids is 1. The topological polar surface area (TPSA) is 117 Å². The highest BCUT2D eigenvalue weighted by atomic mass is 19.1. The van der Waals surface area contributed by atoms with Crippen LogP contribution in [0.4, 0.5) is 21.5 Å². The number of non-ortho nitro benzene ring substituents is 1. The van der Waals surface area contributed by atoms with Crippen molar-refractivity contribution in [3.63, 3.8) is 0 Å². The first-order chi connectivity index (χ1) is 12.4. The number of hydrogen-bond acceptors (Lipinski definition) is 6. The third-order valence-electron chi connectivity index (χ3n) is 3.22. The summed E-state index contributed by atoms with van der Waals surface area (Å²) >= 11 is 0. The molecule has 8 nitrogen and oxygen atoms in total. The van der Waals surface area contributed by atoms with Crippen LogP contribution in [0.15, 0.2) is 54.2 Å². The lowest BCUT2D eigenvalue weighted by Gasteiger charge is -2.09. The molecule has 1 amide bonds. The number of nitrogens with one attached hydrogen (secondary N) is 2. The second-order valence-electron chi connectivity index (χ2n) is 4.92. The minimum Gasteiger partial charge on any atom is -0.494 e. The molecule has 26 heavy (non-hydrogen) atoms. The van der Waals surface area contributed by atoms with E-state index in [9.17, 15) is 19.3 Å². The Balaban J connectivity index is 2.18. The van der Waals surface area contributed by atoms with Gasteiger partial charge in [-0.15, -0.1) is 0 Å². The Bertz CT molecular complexity index is 921. The van der Waals surface area contributed by atoms with Crippen LogP contribution < -0.4 is 15.4 Å². The van der Waals surface area contributed by atoms with Crippen LogP contribution in [-0.2, 0) is 4.79 Å². The Hall–Kier alpha value is -3.93. The highest BCUT2D eigenvalue weighted by molar-refractivity contribution is 6.07. The second-order valence-corrected chi connectivity index (χ2v) is 4.92. The number of nitriles is 1. The van der Waals surface area contributed by atoms with Crippen molar-refractivity contribution in [2.24, 2.45) is 0 Å². The van der Waals surface area contributed by atoms with Crippen molar-refractivity contribution in [2.75, 3.05) is 17.7 Å². The summed E-state index contributed by atoms with van der Waals surface area (Å²) in [5.41, 5.74) is 0.0341. The molecule has 0 atom stereocenters. The summed E-state index contributed by atoms with van der Waals surface area (Å²) in [6, 6.07) is 10.8. The number of carbonyl (C=O) groups is 1. The van der Waals surface area contributed by atoms with Gasteiger partial charge in [-0.2, -0.15) is 5.26 Å². The Morgan fingerprint density at radius 1 is 1.35 bits per heavy atom. The Labute approximate surface area is 147 Å². The fraction of sp³-hybridized carbons (Fsp3) is 0.0588. The summed E-state index contributed by atoms with van der Waals surface area (Å²) in [7, 11) is 1.29. The molecule has 0 aliphatic carbocycles. The lowest BCUT2D eigenvalue weighted by Crippen LogP contribution is -2.15. The van der Waals surface area contributed by atoms with Crippen molar-refractivity contribution in [1.82, 2.24) is 0 Å². The number of ether oxygens (including phenoxy) is 1. The van der Waals surface area contributed by atoms with Crippen molar-refractivity contribution >= 4 is 23.0 Å². The van der Waals surface area contributed by atoms with E-state index in [4.69, 9.17) is 10.00 Å². The van der Waals surface area contributed by atoms with Crippen LogP contribution in [-0.4, -0.2) is 17.9 Å². The van der Waals surface area contributed by atoms with Crippen molar-refractivity contribution in [2.45, 2.75) is 0 Å². The van der Waals surface area contributed by atoms with Crippen LogP contribution in [0, 0.1) is 27.3 Å². The van der Waals surface area contributed by atoms with Gasteiger partial charge in [-0.3, -0.25) is 14.9 Å². The molecule has 0 saturated carbocycles. The predicted octanol–water partition coefficient (Wildman–Crippen LogP) is 3.20. The van der Waals surface area contributed by atoms with Gasteiger partial charge in [0.2, 0.25) is 0 Å². The quantitative estimate of drug-likeness (QED) is 0.355. The molecule has 132 valence electrons. The van der Waals surface area contributed by atoms with Gasteiger partial charge < -0.3 is 15.4 Å². The smallest absolute Gasteiger partial charge is 0.273 e. The molecule has 2 N–H and O–H groups in total. The van der Waals surface area contributed by atoms with Gasteiger partial charge in [-0.05, 0) is 24.3 Å². The molecule has 0 radical (unpaired) electrons. The van der Waals surface area contributed by atoms with E-state index >= 15 is 0 Å². The van der Waals surface area contributed by atoms with Gasteiger partial charge in [0.05, 0.1) is 23.8 Å². The van der Waals surface area contributed by atoms with Gasteiger partial charge in [-0.1, -0.05) is 6.07 Å². The highest BCUT2D eigenvalue weighted by Gasteiger charge is 2.15. The fourth-order valence-corrected chi connectivity index (χ4v) is 1.97. The number of benzene rings is 2. The first-order valence-corrected chi connectivity index (χ1v) is 7.20. The number of hydrogen-bond donors (Lipinski definition) is 2. The number of halogens is 1. The van der Waals surface area contributed by atoms with Crippen molar-refractivity contribution in [1.29, 1.82) is 5.26 Å². The highest BCUT2D eigenvalue weighted by Crippen LogP contribution is 2.29. The molecule has 2 aromatic rings. The first kappa shape index (κ1) is 18.4. The Kier molecular flexibility index (Phi) is 5.84. The number of anilines is 2. The van der Waals surface area contributed by atoms with E-state index in [1.54, 1.807) is 12.1 Å². The largest absolute Gasteiger partial charge is 0.494 e. The molecule has 0 saturated heterocycles. The van der Waals surface area contributed by atoms with Crippen LogP contribution in [0.5, 0.6) is 5.75 Å². The van der Waals surface area contributed by atoms with E-state index < -0.39 is 16.6 Å². The summed E-state index contributed by atoms with van der Waals surface area (Å²) in [4.78, 5) is 22.4. The number of nitro groups is 1. The van der Waals surface area contributed by atoms with Crippen LogP contribution in [0.1, 0.15) is 0 Å². The summed E-state index contributed by atoms with van der Waals surface area (Å²) in [5.74, 6) is -1.16. The molecule has 2 aromatic carbocycles. The average Bonchev–Trinajstić information content (AvgIpc) is 2.62. The maximum absolute atomic E-state index is 13.1. The zero-order valence-corrected chi connectivity index (χ0v) is 13.5. The van der Waals surface area contributed by atoms with Gasteiger partial charge in [0, 0.05) is 18.0 Å². The van der Waals surface area contributed by atoms with E-state index in [0.29, 0.717) is 5.69 Å². The van der Waals surface area contributed by atoms with Crippen molar-refractivity contribution < 1.29 is 18.8 Å². The summed E-state index contributed by atoms with van der Waals surface area (Å²) in [6.45, 7) is 0. The molecule has 0 bridgehead atoms. The zero-order valence-electron chi connectivity index (χ0n) is 13.5. The number of nitrogens with zero attached hydrogens (tertiary/aromatic N) is 2. The summed E-state index contributed by atoms with van der Waals surface area (Å²) in [5, 5.41) is 25.0. The molecule has 0 heterocycles. The van der Waals surface area contributed by atoms with Crippen LogP contribution in [0.25, 0.3) is 0 Å². The Morgan fingerprint density at radius 2 is 2.12 bits per heavy atom. The van der Waals surface area contributed by atoms with Crippen molar-refractivity contribution in [3.8, 4) is 11.8 Å². The summed E-state index contributed by atoms with van der Waals surface area (Å²) < 4.78 is 18.1. The maximum atomic E-state index is 13.1. The normalized spacial score (nSPS) is 10.6. The molecular formula is C17H13FN4O4. The van der Waals surface area contributed by atoms with E-state index in [1.807, 2.05) is 0 Å². The molecular weight excluding hydrogens is 343 g/mol. The number of rotatable bonds is 6. The van der Waals surface area contributed by atoms with Crippen molar-refractivity contribution in [3.05, 3.63) is 70.2 Å².